The Kier molecular flexibility index (Phi) is 7.87. The zero-order chi connectivity index (χ0) is 19.2. The fourth-order valence-corrected chi connectivity index (χ4v) is 3.38. The minimum absolute atomic E-state index is 0. The van der Waals surface area contributed by atoms with Gasteiger partial charge in [-0.05, 0) is 43.9 Å². The number of piperidine rings is 1. The molecule has 1 saturated heterocycles. The molecule has 1 aromatic heterocycles. The van der Waals surface area contributed by atoms with Crippen LogP contribution in [0.1, 0.15) is 45.5 Å². The lowest BCUT2D eigenvalue weighted by Crippen LogP contribution is -2.46. The molecule has 28 heavy (non-hydrogen) atoms. The highest BCUT2D eigenvalue weighted by Crippen LogP contribution is 2.24. The Morgan fingerprint density at radius 1 is 1.32 bits per heavy atom. The van der Waals surface area contributed by atoms with Gasteiger partial charge in [-0.1, -0.05) is 12.1 Å². The number of benzene rings is 1. The number of pyridine rings is 1. The number of carbonyl (C=O) groups is 2. The second-order valence-electron chi connectivity index (χ2n) is 6.65. The summed E-state index contributed by atoms with van der Waals surface area (Å²) in [4.78, 5) is 30.3. The van der Waals surface area contributed by atoms with Crippen LogP contribution in [0.3, 0.4) is 0 Å². The Morgan fingerprint density at radius 2 is 2.14 bits per heavy atom. The van der Waals surface area contributed by atoms with E-state index in [1.54, 1.807) is 24.4 Å². The van der Waals surface area contributed by atoms with E-state index in [9.17, 15) is 9.59 Å². The number of rotatable bonds is 6. The number of carbonyl (C=O) groups excluding carboxylic acids is 2. The van der Waals surface area contributed by atoms with Gasteiger partial charge in [-0.15, -0.1) is 0 Å². The molecule has 1 aliphatic heterocycles. The smallest absolute Gasteiger partial charge is 0.254 e. The van der Waals surface area contributed by atoms with Crippen LogP contribution in [-0.4, -0.2) is 48.4 Å². The maximum atomic E-state index is 13.0. The first kappa shape index (κ1) is 21.8. The molecule has 1 aromatic carbocycles. The molecule has 1 amide bonds. The van der Waals surface area contributed by atoms with Crippen LogP contribution in [0, 0.1) is 6.92 Å². The number of aromatic nitrogens is 1. The van der Waals surface area contributed by atoms with Crippen molar-refractivity contribution >= 4 is 25.7 Å². The van der Waals surface area contributed by atoms with Gasteiger partial charge in [-0.2, -0.15) is 13.5 Å². The summed E-state index contributed by atoms with van der Waals surface area (Å²) in [5, 5.41) is 0. The minimum atomic E-state index is -0.0520. The van der Waals surface area contributed by atoms with Gasteiger partial charge in [0.2, 0.25) is 5.88 Å². The van der Waals surface area contributed by atoms with E-state index in [2.05, 4.69) is 4.98 Å². The van der Waals surface area contributed by atoms with Crippen molar-refractivity contribution in [1.29, 1.82) is 0 Å². The number of amides is 1. The van der Waals surface area contributed by atoms with Crippen LogP contribution in [0.5, 0.6) is 11.6 Å². The van der Waals surface area contributed by atoms with Crippen molar-refractivity contribution in [2.75, 3.05) is 20.3 Å². The zero-order valence-corrected chi connectivity index (χ0v) is 17.2. The average molecular weight is 403 g/mol. The van der Waals surface area contributed by atoms with E-state index in [-0.39, 0.29) is 25.4 Å². The Labute approximate surface area is 172 Å². The van der Waals surface area contributed by atoms with Crippen LogP contribution in [0.2, 0.25) is 0 Å². The van der Waals surface area contributed by atoms with Crippen molar-refractivity contribution in [1.82, 2.24) is 9.88 Å². The van der Waals surface area contributed by atoms with Gasteiger partial charge in [-0.3, -0.25) is 9.59 Å². The molecule has 0 bridgehead atoms. The topological polar surface area (TPSA) is 68.7 Å². The van der Waals surface area contributed by atoms with Crippen molar-refractivity contribution in [3.63, 3.8) is 0 Å². The molecule has 0 saturated carbocycles. The van der Waals surface area contributed by atoms with Gasteiger partial charge in [-0.25, -0.2) is 4.98 Å². The van der Waals surface area contributed by atoms with Gasteiger partial charge in [0.15, 0.2) is 6.29 Å². The second kappa shape index (κ2) is 10.1. The van der Waals surface area contributed by atoms with Gasteiger partial charge in [0, 0.05) is 24.4 Å². The fraction of sp³-hybridized carbons (Fsp3) is 0.381. The molecule has 1 aliphatic rings. The summed E-state index contributed by atoms with van der Waals surface area (Å²) in [6.07, 6.45) is 5.28. The summed E-state index contributed by atoms with van der Waals surface area (Å²) < 4.78 is 11.1. The van der Waals surface area contributed by atoms with Gasteiger partial charge < -0.3 is 14.4 Å². The van der Waals surface area contributed by atoms with E-state index in [1.165, 1.54) is 7.11 Å². The Balaban J connectivity index is 0.00000280. The van der Waals surface area contributed by atoms with Crippen molar-refractivity contribution in [3.8, 4) is 11.6 Å². The summed E-state index contributed by atoms with van der Waals surface area (Å²) >= 11 is 0. The van der Waals surface area contributed by atoms with Gasteiger partial charge in [0.25, 0.3) is 5.91 Å². The van der Waals surface area contributed by atoms with Crippen LogP contribution in [-0.2, 0) is 0 Å². The summed E-state index contributed by atoms with van der Waals surface area (Å²) in [6.45, 7) is 2.92. The molecule has 150 valence electrons. The first-order valence-electron chi connectivity index (χ1n) is 9.12. The molecule has 0 unspecified atom stereocenters. The molecule has 6 nitrogen and oxygen atoms in total. The molecule has 0 N–H and O–H groups in total. The molecule has 0 aliphatic carbocycles. The lowest BCUT2D eigenvalue weighted by atomic mass is 10.0. The molecule has 2 heterocycles. The molecular formula is C21H26N2O4S. The normalized spacial score (nSPS) is 16.1. The van der Waals surface area contributed by atoms with Crippen molar-refractivity contribution in [2.45, 2.75) is 32.2 Å². The largest absolute Gasteiger partial charge is 0.491 e. The van der Waals surface area contributed by atoms with E-state index in [4.69, 9.17) is 9.47 Å². The number of aryl methyl sites for hydroxylation is 1. The first-order valence-corrected chi connectivity index (χ1v) is 9.12. The maximum Gasteiger partial charge on any atom is 0.254 e. The molecule has 0 spiro atoms. The molecule has 2 aromatic rings. The lowest BCUT2D eigenvalue weighted by Gasteiger charge is -2.35. The van der Waals surface area contributed by atoms with E-state index >= 15 is 0 Å². The third-order valence-electron chi connectivity index (χ3n) is 4.91. The number of likely N-dealkylation sites (tertiary alicyclic amines) is 1. The molecule has 1 fully saturated rings. The number of methoxy groups -OCH3 is 1. The van der Waals surface area contributed by atoms with Crippen LogP contribution in [0.4, 0.5) is 0 Å². The number of aldehydes is 1. The van der Waals surface area contributed by atoms with Crippen molar-refractivity contribution in [3.05, 3.63) is 53.2 Å². The predicted octanol–water partition coefficient (Wildman–Crippen LogP) is 3.40. The molecular weight excluding hydrogens is 376 g/mol. The SMILES string of the molecule is COc1cc(C(=O)N2CCCC[C@H]2COc2cccc(C)c2C=O)ccn1.S. The van der Waals surface area contributed by atoms with Crippen LogP contribution in [0.25, 0.3) is 0 Å². The number of hydrogen-bond acceptors (Lipinski definition) is 5. The van der Waals surface area contributed by atoms with Crippen LogP contribution >= 0.6 is 13.5 Å². The van der Waals surface area contributed by atoms with Crippen LogP contribution in [0.15, 0.2) is 36.5 Å². The van der Waals surface area contributed by atoms with Gasteiger partial charge in [0.05, 0.1) is 18.7 Å². The molecule has 7 heteroatoms. The summed E-state index contributed by atoms with van der Waals surface area (Å²) in [7, 11) is 1.53. The Bertz CT molecular complexity index is 828. The second-order valence-corrected chi connectivity index (χ2v) is 6.65. The Morgan fingerprint density at radius 3 is 2.89 bits per heavy atom. The van der Waals surface area contributed by atoms with E-state index in [0.717, 1.165) is 31.1 Å². The Hall–Kier alpha value is -2.54. The predicted molar refractivity (Wildman–Crippen MR) is 112 cm³/mol. The van der Waals surface area contributed by atoms with E-state index in [0.29, 0.717) is 35.9 Å². The molecule has 1 atom stereocenters. The van der Waals surface area contributed by atoms with Gasteiger partial charge >= 0.3 is 0 Å². The minimum Gasteiger partial charge on any atom is -0.491 e. The average Bonchev–Trinajstić information content (AvgIpc) is 2.72. The molecule has 0 radical (unpaired) electrons. The van der Waals surface area contributed by atoms with E-state index < -0.39 is 0 Å². The molecule has 3 rings (SSSR count). The highest BCUT2D eigenvalue weighted by atomic mass is 32.1. The van der Waals surface area contributed by atoms with Crippen molar-refractivity contribution in [2.24, 2.45) is 0 Å². The summed E-state index contributed by atoms with van der Waals surface area (Å²) in [5.74, 6) is 0.929. The fourth-order valence-electron chi connectivity index (χ4n) is 3.38. The number of ether oxygens (including phenoxy) is 2. The summed E-state index contributed by atoms with van der Waals surface area (Å²) in [6, 6.07) is 8.85. The monoisotopic (exact) mass is 402 g/mol. The standard InChI is InChI=1S/C21H24N2O4.H2S/c1-15-6-5-8-19(18(15)13-24)27-14-17-7-3-4-11-23(17)21(25)16-9-10-22-20(12-16)26-2;/h5-6,8-10,12-13,17H,3-4,7,11,14H2,1-2H3;1H2/t17-;/m0./s1. The third-order valence-corrected chi connectivity index (χ3v) is 4.91. The zero-order valence-electron chi connectivity index (χ0n) is 16.2. The third kappa shape index (κ3) is 4.84. The van der Waals surface area contributed by atoms with Gasteiger partial charge in [0.1, 0.15) is 12.4 Å². The van der Waals surface area contributed by atoms with E-state index in [1.807, 2.05) is 24.0 Å². The van der Waals surface area contributed by atoms with Crippen LogP contribution < -0.4 is 9.47 Å². The highest BCUT2D eigenvalue weighted by molar-refractivity contribution is 7.59. The lowest BCUT2D eigenvalue weighted by molar-refractivity contribution is 0.0526. The number of nitrogens with zero attached hydrogens (tertiary/aromatic N) is 2. The number of hydrogen-bond donors (Lipinski definition) is 0. The highest BCUT2D eigenvalue weighted by Gasteiger charge is 2.28. The first-order chi connectivity index (χ1) is 13.1. The summed E-state index contributed by atoms with van der Waals surface area (Å²) in [5.41, 5.74) is 1.99. The van der Waals surface area contributed by atoms with Crippen molar-refractivity contribution < 1.29 is 19.1 Å². The quantitative estimate of drug-likeness (QED) is 0.693. The maximum absolute atomic E-state index is 13.0.